The van der Waals surface area contributed by atoms with E-state index in [1.807, 2.05) is 0 Å². The van der Waals surface area contributed by atoms with Gasteiger partial charge in [-0.3, -0.25) is 0 Å². The van der Waals surface area contributed by atoms with E-state index in [2.05, 4.69) is 122 Å². The van der Waals surface area contributed by atoms with Crippen molar-refractivity contribution >= 4 is 51.2 Å². The number of hydrogen-bond donors (Lipinski definition) is 0. The fourth-order valence-electron chi connectivity index (χ4n) is 9.02. The van der Waals surface area contributed by atoms with Crippen LogP contribution in [0, 0.1) is 116 Å². The zero-order valence-electron chi connectivity index (χ0n) is 37.2. The maximum atomic E-state index is 15.4. The first-order chi connectivity index (χ1) is 35.0. The van der Waals surface area contributed by atoms with Crippen LogP contribution in [-0.4, -0.2) is 6.15 Å². The summed E-state index contributed by atoms with van der Waals surface area (Å²) in [6.07, 6.45) is -3.84. The molecule has 0 saturated heterocycles. The molecule has 8 aromatic carbocycles. The second kappa shape index (κ2) is 21.4. The average molecular weight is 1070 g/mol. The highest BCUT2D eigenvalue weighted by Crippen LogP contribution is 2.58. The molecule has 0 nitrogen and oxygen atoms in total. The van der Waals surface area contributed by atoms with Gasteiger partial charge >= 0.3 is 0 Å². The van der Waals surface area contributed by atoms with E-state index in [-0.39, 0.29) is 0 Å². The predicted octanol–water partition coefficient (Wildman–Crippen LogP) is 12.0. The van der Waals surface area contributed by atoms with Crippen molar-refractivity contribution in [2.24, 2.45) is 0 Å². The second-order valence-corrected chi connectivity index (χ2v) is 19.8. The zero-order valence-corrected chi connectivity index (χ0v) is 38.1. The molecule has 0 aliphatic rings. The minimum atomic E-state index is -7.22. The smallest absolute Gasteiger partial charge is 0.200 e. The van der Waals surface area contributed by atoms with Crippen LogP contribution in [0.2, 0.25) is 0 Å². The molecule has 0 unspecified atom stereocenters. The Morgan fingerprint density at radius 2 is 0.473 bits per heavy atom. The van der Waals surface area contributed by atoms with Crippen LogP contribution in [0.5, 0.6) is 0 Å². The Balaban J connectivity index is 0.000000237. The minimum absolute atomic E-state index is 1.04. The maximum absolute atomic E-state index is 15.4. The molecule has 0 atom stereocenters. The summed E-state index contributed by atoms with van der Waals surface area (Å²) in [6, 6.07) is 42.7. The van der Waals surface area contributed by atoms with Crippen molar-refractivity contribution < 1.29 is 87.8 Å². The molecule has 0 N–H and O–H groups in total. The molecule has 0 aliphatic carbocycles. The molecule has 0 aliphatic heterocycles. The lowest BCUT2D eigenvalue weighted by molar-refractivity contribution is 0.378. The van der Waals surface area contributed by atoms with Gasteiger partial charge in [-0.15, -0.1) is 21.9 Å². The Kier molecular flexibility index (Phi) is 15.8. The lowest BCUT2D eigenvalue weighted by atomic mass is 9.12. The highest BCUT2D eigenvalue weighted by molar-refractivity contribution is 7.95. The van der Waals surface area contributed by atoms with E-state index in [9.17, 15) is 52.7 Å². The number of rotatable bonds is 11. The summed E-state index contributed by atoms with van der Waals surface area (Å²) in [5.41, 5.74) is -11.5. The molecule has 74 heavy (non-hydrogen) atoms. The van der Waals surface area contributed by atoms with Crippen LogP contribution in [0.4, 0.5) is 87.8 Å². The predicted molar refractivity (Wildman–Crippen MR) is 239 cm³/mol. The third-order valence-corrected chi connectivity index (χ3v) is 16.7. The summed E-state index contributed by atoms with van der Waals surface area (Å²) >= 11 is 0. The Morgan fingerprint density at radius 1 is 0.270 bits per heavy atom. The average Bonchev–Trinajstić information content (AvgIpc) is 3.41. The van der Waals surface area contributed by atoms with Gasteiger partial charge in [0.25, 0.3) is 0 Å². The first-order valence-corrected chi connectivity index (χ1v) is 23.4. The van der Waals surface area contributed by atoms with Crippen molar-refractivity contribution in [3.05, 3.63) is 243 Å². The van der Waals surface area contributed by atoms with Gasteiger partial charge in [0.15, 0.2) is 69.8 Å². The number of hydrogen-bond acceptors (Lipinski definition) is 0. The van der Waals surface area contributed by atoms with Crippen molar-refractivity contribution in [3.63, 3.8) is 0 Å². The van der Waals surface area contributed by atoms with Crippen LogP contribution in [0.15, 0.2) is 115 Å². The van der Waals surface area contributed by atoms with Gasteiger partial charge in [0, 0.05) is 0 Å². The molecule has 8 rings (SSSR count). The van der Waals surface area contributed by atoms with Gasteiger partial charge in [-0.2, -0.15) is 0 Å². The van der Waals surface area contributed by atoms with Crippen molar-refractivity contribution in [1.82, 2.24) is 0 Å². The van der Waals surface area contributed by atoms with E-state index >= 15 is 35.1 Å². The van der Waals surface area contributed by atoms with E-state index in [4.69, 9.17) is 0 Å². The van der Waals surface area contributed by atoms with Crippen LogP contribution >= 0.6 is 7.26 Å². The lowest BCUT2D eigenvalue weighted by Crippen LogP contribution is -2.81. The van der Waals surface area contributed by atoms with Crippen molar-refractivity contribution in [2.75, 3.05) is 0 Å². The van der Waals surface area contributed by atoms with E-state index in [1.54, 1.807) is 0 Å². The fraction of sp³-hybridized carbons (Fsp3) is 0.0769. The SMILES string of the molecule is CCCc1ccc(C[P+](c2ccccc2)(c2ccccc2)c2ccccc2)cc1.Fc1c(F)c(F)c([B-](c2c(F)c(F)c(F)c(F)c2F)(c2c(F)c(F)c(F)c(F)c2F)c2c(F)c(F)c(F)c(F)c2F)c(F)c1F. The summed E-state index contributed by atoms with van der Waals surface area (Å²) in [6.45, 7) is 2.24. The second-order valence-electron chi connectivity index (χ2n) is 16.3. The molecule has 22 heteroatoms. The molecular weight excluding hydrogens is 1050 g/mol. The largest absolute Gasteiger partial charge is 0.207 e. The van der Waals surface area contributed by atoms with E-state index in [1.165, 1.54) is 33.5 Å². The fourth-order valence-corrected chi connectivity index (χ4v) is 13.3. The molecule has 384 valence electrons. The van der Waals surface area contributed by atoms with Gasteiger partial charge < -0.3 is 0 Å². The molecule has 0 aromatic heterocycles. The third-order valence-electron chi connectivity index (χ3n) is 12.3. The van der Waals surface area contributed by atoms with Crippen molar-refractivity contribution in [1.29, 1.82) is 0 Å². The van der Waals surface area contributed by atoms with Gasteiger partial charge in [0.1, 0.15) is 75.9 Å². The van der Waals surface area contributed by atoms with Crippen LogP contribution in [0.1, 0.15) is 24.5 Å². The Bertz CT molecular complexity index is 2940. The summed E-state index contributed by atoms with van der Waals surface area (Å²) in [5.74, 6) is -71.4. The van der Waals surface area contributed by atoms with Crippen LogP contribution < -0.4 is 37.8 Å². The molecule has 0 fully saturated rings. The molecule has 0 heterocycles. The third kappa shape index (κ3) is 8.85. The minimum Gasteiger partial charge on any atom is -0.207 e. The zero-order chi connectivity index (χ0) is 54.3. The van der Waals surface area contributed by atoms with Crippen molar-refractivity contribution in [2.45, 2.75) is 25.9 Å². The first kappa shape index (κ1) is 54.6. The summed E-state index contributed by atoms with van der Waals surface area (Å²) < 4.78 is 294. The van der Waals surface area contributed by atoms with Gasteiger partial charge in [-0.1, -0.05) is 92.2 Å². The highest BCUT2D eigenvalue weighted by Gasteiger charge is 2.52. The van der Waals surface area contributed by atoms with Gasteiger partial charge in [0.05, 0.1) is 6.16 Å². The number of halogens is 20. The van der Waals surface area contributed by atoms with Crippen LogP contribution in [-0.2, 0) is 12.6 Å². The molecular formula is C52H28BF20P. The quantitative estimate of drug-likeness (QED) is 0.0398. The molecule has 0 saturated carbocycles. The summed E-state index contributed by atoms with van der Waals surface area (Å²) in [7, 11) is -1.81. The van der Waals surface area contributed by atoms with Crippen LogP contribution in [0.25, 0.3) is 0 Å². The molecule has 0 amide bonds. The molecule has 0 spiro atoms. The Labute approximate surface area is 406 Å². The Morgan fingerprint density at radius 3 is 0.689 bits per heavy atom. The molecule has 8 aromatic rings. The lowest BCUT2D eigenvalue weighted by Gasteiger charge is -2.44. The monoisotopic (exact) mass is 1070 g/mol. The number of benzene rings is 8. The van der Waals surface area contributed by atoms with Crippen molar-refractivity contribution in [3.8, 4) is 0 Å². The first-order valence-electron chi connectivity index (χ1n) is 21.4. The van der Waals surface area contributed by atoms with E-state index in [0.717, 1.165) is 12.6 Å². The standard InChI is InChI=1S/C28H28P.C24BF20/c1-2-12-24-19-21-25(22-20-24)23-29(26-13-6-3-7-14-26,27-15-8-4-9-16-27)28-17-10-5-11-18-28;26-5-1(6(27)14(35)21(42)13(5)34)25(2-7(28)15(36)22(43)16(37)8(2)29,3-9(30)17(38)23(44)18(39)10(3)31)4-11(32)19(40)24(45)20(41)12(4)33/h3-11,13-22H,2,12,23H2,1H3;/q+1;-1. The van der Waals surface area contributed by atoms with E-state index < -0.39 is 152 Å². The highest BCUT2D eigenvalue weighted by atomic mass is 31.2. The van der Waals surface area contributed by atoms with Gasteiger partial charge in [-0.05, 0) is 53.9 Å². The molecule has 0 bridgehead atoms. The summed E-state index contributed by atoms with van der Waals surface area (Å²) in [4.78, 5) is 0. The number of aryl methyl sites for hydroxylation is 1. The normalized spacial score (nSPS) is 11.7. The van der Waals surface area contributed by atoms with Gasteiger partial charge in [0.2, 0.25) is 0 Å². The maximum Gasteiger partial charge on any atom is 0.200 e. The van der Waals surface area contributed by atoms with Crippen LogP contribution in [0.3, 0.4) is 0 Å². The molecule has 0 radical (unpaired) electrons. The Hall–Kier alpha value is -7.15. The topological polar surface area (TPSA) is 0 Å². The van der Waals surface area contributed by atoms with Gasteiger partial charge in [-0.25, -0.2) is 87.8 Å². The summed E-state index contributed by atoms with van der Waals surface area (Å²) in [5, 5.41) is 4.32. The van der Waals surface area contributed by atoms with E-state index in [0.29, 0.717) is 0 Å².